The van der Waals surface area contributed by atoms with Gasteiger partial charge in [-0.05, 0) is 36.8 Å². The first-order valence-electron chi connectivity index (χ1n) is 7.42. The third-order valence-electron chi connectivity index (χ3n) is 3.90. The maximum Gasteiger partial charge on any atom is -0.0208 e. The van der Waals surface area contributed by atoms with Crippen LogP contribution in [0, 0.1) is 5.41 Å². The Balaban J connectivity index is 4.54. The van der Waals surface area contributed by atoms with Crippen LogP contribution in [0.25, 0.3) is 0 Å². The molecule has 0 saturated heterocycles. The monoisotopic (exact) mass is 244 g/mol. The first-order valence-corrected chi connectivity index (χ1v) is 8.09. The number of hydrogen-bond acceptors (Lipinski definition) is 0. The van der Waals surface area contributed by atoms with Crippen molar-refractivity contribution in [2.45, 2.75) is 91.1 Å². The summed E-state index contributed by atoms with van der Waals surface area (Å²) >= 11 is 0. The minimum atomic E-state index is 0.623. The summed E-state index contributed by atoms with van der Waals surface area (Å²) in [6, 6.07) is 0. The molecule has 0 nitrogen and oxygen atoms in total. The summed E-state index contributed by atoms with van der Waals surface area (Å²) in [6.07, 6.45) is 12.4. The second-order valence-electron chi connectivity index (χ2n) is 5.36. The van der Waals surface area contributed by atoms with Crippen LogP contribution in [0.15, 0.2) is 0 Å². The largest absolute Gasteiger partial charge is 0.134 e. The molecule has 0 saturated carbocycles. The van der Waals surface area contributed by atoms with Crippen molar-refractivity contribution in [3.05, 3.63) is 0 Å². The number of hydrogen-bond donors (Lipinski definition) is 0. The van der Waals surface area contributed by atoms with Gasteiger partial charge in [-0.3, -0.25) is 0 Å². The third-order valence-corrected chi connectivity index (χ3v) is 4.94. The lowest BCUT2D eigenvalue weighted by Gasteiger charge is -2.39. The van der Waals surface area contributed by atoms with Gasteiger partial charge in [0.2, 0.25) is 0 Å². The van der Waals surface area contributed by atoms with Crippen molar-refractivity contribution in [3.8, 4) is 0 Å². The van der Waals surface area contributed by atoms with Gasteiger partial charge < -0.3 is 0 Å². The molecule has 0 aromatic rings. The molecular formula is C15H33P. The molecule has 0 radical (unpaired) electrons. The van der Waals surface area contributed by atoms with Gasteiger partial charge in [0, 0.05) is 0 Å². The van der Waals surface area contributed by atoms with Crippen LogP contribution < -0.4 is 0 Å². The van der Waals surface area contributed by atoms with Crippen LogP contribution >= 0.6 is 9.24 Å². The van der Waals surface area contributed by atoms with Gasteiger partial charge in [0.25, 0.3) is 0 Å². The number of rotatable bonds is 10. The van der Waals surface area contributed by atoms with E-state index in [4.69, 9.17) is 0 Å². The van der Waals surface area contributed by atoms with Gasteiger partial charge in [-0.25, -0.2) is 0 Å². The van der Waals surface area contributed by atoms with E-state index in [1.54, 1.807) is 0 Å². The standard InChI is InChI=1S/C15H33P/c1-5-9-10-14(16)15(11-6-2,12-7-3)13-8-4/h14H,5-13,16H2,1-4H3. The molecular weight excluding hydrogens is 211 g/mol. The van der Waals surface area contributed by atoms with Crippen molar-refractivity contribution in [1.82, 2.24) is 0 Å². The van der Waals surface area contributed by atoms with Crippen LogP contribution in [-0.4, -0.2) is 5.66 Å². The summed E-state index contributed by atoms with van der Waals surface area (Å²) in [6.45, 7) is 9.34. The van der Waals surface area contributed by atoms with Gasteiger partial charge in [-0.1, -0.05) is 59.8 Å². The van der Waals surface area contributed by atoms with E-state index in [2.05, 4.69) is 36.9 Å². The Bertz CT molecular complexity index is 136. The van der Waals surface area contributed by atoms with Crippen LogP contribution in [0.4, 0.5) is 0 Å². The molecule has 0 heterocycles. The fraction of sp³-hybridized carbons (Fsp3) is 1.00. The highest BCUT2D eigenvalue weighted by molar-refractivity contribution is 7.17. The molecule has 0 fully saturated rings. The van der Waals surface area contributed by atoms with E-state index in [1.807, 2.05) is 0 Å². The molecule has 98 valence electrons. The number of unbranched alkanes of at least 4 members (excludes halogenated alkanes) is 1. The van der Waals surface area contributed by atoms with Crippen molar-refractivity contribution < 1.29 is 0 Å². The van der Waals surface area contributed by atoms with E-state index in [0.717, 1.165) is 5.66 Å². The molecule has 0 aliphatic carbocycles. The zero-order valence-corrected chi connectivity index (χ0v) is 13.2. The van der Waals surface area contributed by atoms with Crippen molar-refractivity contribution in [3.63, 3.8) is 0 Å². The first kappa shape index (κ1) is 16.4. The average molecular weight is 244 g/mol. The molecule has 0 amide bonds. The molecule has 0 aromatic heterocycles. The Kier molecular flexibility index (Phi) is 9.71. The van der Waals surface area contributed by atoms with Gasteiger partial charge in [-0.2, -0.15) is 0 Å². The third kappa shape index (κ3) is 5.17. The van der Waals surface area contributed by atoms with Crippen LogP contribution in [0.3, 0.4) is 0 Å². The summed E-state index contributed by atoms with van der Waals surface area (Å²) in [7, 11) is 3.18. The lowest BCUT2D eigenvalue weighted by molar-refractivity contribution is 0.195. The molecule has 0 aliphatic rings. The fourth-order valence-electron chi connectivity index (χ4n) is 3.16. The van der Waals surface area contributed by atoms with E-state index < -0.39 is 0 Å². The molecule has 2 atom stereocenters. The van der Waals surface area contributed by atoms with Crippen LogP contribution in [0.1, 0.15) is 85.5 Å². The van der Waals surface area contributed by atoms with Gasteiger partial charge >= 0.3 is 0 Å². The topological polar surface area (TPSA) is 0 Å². The van der Waals surface area contributed by atoms with E-state index in [-0.39, 0.29) is 0 Å². The molecule has 0 rings (SSSR count). The highest BCUT2D eigenvalue weighted by Gasteiger charge is 2.33. The summed E-state index contributed by atoms with van der Waals surface area (Å²) in [5.74, 6) is 0. The fourth-order valence-corrected chi connectivity index (χ4v) is 3.89. The van der Waals surface area contributed by atoms with Gasteiger partial charge in [-0.15, -0.1) is 9.24 Å². The quantitative estimate of drug-likeness (QED) is 0.426. The van der Waals surface area contributed by atoms with E-state index in [1.165, 1.54) is 57.8 Å². The highest BCUT2D eigenvalue weighted by Crippen LogP contribution is 2.44. The van der Waals surface area contributed by atoms with Crippen LogP contribution in [0.2, 0.25) is 0 Å². The van der Waals surface area contributed by atoms with Crippen LogP contribution in [0.5, 0.6) is 0 Å². The summed E-state index contributed by atoms with van der Waals surface area (Å²) < 4.78 is 0. The molecule has 1 heteroatoms. The zero-order valence-electron chi connectivity index (χ0n) is 12.0. The maximum atomic E-state index is 3.18. The van der Waals surface area contributed by atoms with E-state index >= 15 is 0 Å². The van der Waals surface area contributed by atoms with Gasteiger partial charge in [0.05, 0.1) is 0 Å². The molecule has 0 bridgehead atoms. The molecule has 0 N–H and O–H groups in total. The van der Waals surface area contributed by atoms with Crippen LogP contribution in [-0.2, 0) is 0 Å². The second kappa shape index (κ2) is 9.46. The zero-order chi connectivity index (χ0) is 12.4. The second-order valence-corrected chi connectivity index (χ2v) is 6.17. The van der Waals surface area contributed by atoms with E-state index in [0.29, 0.717) is 5.41 Å². The Labute approximate surface area is 106 Å². The van der Waals surface area contributed by atoms with E-state index in [9.17, 15) is 0 Å². The minimum Gasteiger partial charge on any atom is -0.134 e. The van der Waals surface area contributed by atoms with Gasteiger partial charge in [0.1, 0.15) is 0 Å². The normalized spacial score (nSPS) is 14.1. The SMILES string of the molecule is CCCCC(P)C(CCC)(CCC)CCC. The molecule has 0 aliphatic heterocycles. The summed E-state index contributed by atoms with van der Waals surface area (Å²) in [5.41, 5.74) is 1.46. The lowest BCUT2D eigenvalue weighted by atomic mass is 9.71. The molecule has 2 unspecified atom stereocenters. The van der Waals surface area contributed by atoms with Gasteiger partial charge in [0.15, 0.2) is 0 Å². The summed E-state index contributed by atoms with van der Waals surface area (Å²) in [5, 5.41) is 0. The molecule has 16 heavy (non-hydrogen) atoms. The Morgan fingerprint density at radius 2 is 1.25 bits per heavy atom. The maximum absolute atomic E-state index is 3.18. The predicted molar refractivity (Wildman–Crippen MR) is 80.2 cm³/mol. The lowest BCUT2D eigenvalue weighted by Crippen LogP contribution is -2.31. The molecule has 0 spiro atoms. The molecule has 0 aromatic carbocycles. The Hall–Kier alpha value is 0.430. The predicted octanol–water partition coefficient (Wildman–Crippen LogP) is 5.81. The van der Waals surface area contributed by atoms with Crippen molar-refractivity contribution in [2.24, 2.45) is 5.41 Å². The first-order chi connectivity index (χ1) is 7.66. The Morgan fingerprint density at radius 1 is 0.812 bits per heavy atom. The van der Waals surface area contributed by atoms with Crippen molar-refractivity contribution in [2.75, 3.05) is 0 Å². The smallest absolute Gasteiger partial charge is 0.0208 e. The minimum absolute atomic E-state index is 0.623. The van der Waals surface area contributed by atoms with Crippen molar-refractivity contribution >= 4 is 9.24 Å². The van der Waals surface area contributed by atoms with Crippen molar-refractivity contribution in [1.29, 1.82) is 0 Å². The Morgan fingerprint density at radius 3 is 1.56 bits per heavy atom. The summed E-state index contributed by atoms with van der Waals surface area (Å²) in [4.78, 5) is 0. The highest BCUT2D eigenvalue weighted by atomic mass is 31.0. The average Bonchev–Trinajstić information content (AvgIpc) is 2.26.